The van der Waals surface area contributed by atoms with Crippen LogP contribution in [0.5, 0.6) is 0 Å². The number of amides is 2. The monoisotopic (exact) mass is 525 g/mol. The molecule has 1 atom stereocenters. The molecule has 8 nitrogen and oxygen atoms in total. The number of carbonyl (C=O) groups is 2. The van der Waals surface area contributed by atoms with Crippen molar-refractivity contribution in [2.24, 2.45) is 0 Å². The summed E-state index contributed by atoms with van der Waals surface area (Å²) in [5.74, 6) is 0.615. The minimum atomic E-state index is -0.338. The molecule has 1 aliphatic heterocycles. The number of hydrogen-bond donors (Lipinski definition) is 1. The molecule has 8 heteroatoms. The molecule has 2 aromatic carbocycles. The van der Waals surface area contributed by atoms with Crippen molar-refractivity contribution in [1.82, 2.24) is 24.6 Å². The zero-order valence-electron chi connectivity index (χ0n) is 22.8. The summed E-state index contributed by atoms with van der Waals surface area (Å²) in [6.45, 7) is 6.89. The fourth-order valence-electron chi connectivity index (χ4n) is 5.24. The van der Waals surface area contributed by atoms with Crippen LogP contribution in [0.4, 0.5) is 4.79 Å². The van der Waals surface area contributed by atoms with Gasteiger partial charge in [0.15, 0.2) is 0 Å². The van der Waals surface area contributed by atoms with E-state index in [9.17, 15) is 9.59 Å². The molecule has 0 saturated carbocycles. The first-order valence-electron chi connectivity index (χ1n) is 13.7. The van der Waals surface area contributed by atoms with Crippen molar-refractivity contribution in [3.05, 3.63) is 101 Å². The summed E-state index contributed by atoms with van der Waals surface area (Å²) in [5.41, 5.74) is 6.15. The average Bonchev–Trinajstić information content (AvgIpc) is 3.55. The standard InChI is InChI=1S/C31H35N5O3/c1-4-22-14-16-23(17-15-22)29-27-13-10-20-34(27)30-25(21-35(29)31(38)32-19-18-28(37)39-6-3)26(5-2)33-36(30)24-11-8-7-9-12-24/h7-17,20,29H,4-6,18-19,21H2,1-3H3,(H,32,38). The molecular formula is C31H35N5O3. The molecule has 2 aromatic heterocycles. The van der Waals surface area contributed by atoms with Crippen molar-refractivity contribution in [3.8, 4) is 11.5 Å². The second-order valence-electron chi connectivity index (χ2n) is 9.57. The van der Waals surface area contributed by atoms with Crippen LogP contribution in [0, 0.1) is 0 Å². The molecule has 3 heterocycles. The molecule has 0 aliphatic carbocycles. The molecule has 0 radical (unpaired) electrons. The predicted octanol–water partition coefficient (Wildman–Crippen LogP) is 5.36. The third-order valence-corrected chi connectivity index (χ3v) is 7.18. The summed E-state index contributed by atoms with van der Waals surface area (Å²) >= 11 is 0. The van der Waals surface area contributed by atoms with Gasteiger partial charge in [-0.1, -0.05) is 56.3 Å². The Bertz CT molecular complexity index is 1440. The van der Waals surface area contributed by atoms with Crippen LogP contribution in [0.3, 0.4) is 0 Å². The second-order valence-corrected chi connectivity index (χ2v) is 9.57. The highest BCUT2D eigenvalue weighted by atomic mass is 16.5. The molecule has 39 heavy (non-hydrogen) atoms. The smallest absolute Gasteiger partial charge is 0.318 e. The number of aryl methyl sites for hydroxylation is 2. The number of carbonyl (C=O) groups excluding carboxylic acids is 2. The first-order valence-corrected chi connectivity index (χ1v) is 13.7. The van der Waals surface area contributed by atoms with Gasteiger partial charge in [-0.05, 0) is 55.2 Å². The van der Waals surface area contributed by atoms with Gasteiger partial charge in [-0.3, -0.25) is 4.79 Å². The fraction of sp³-hybridized carbons (Fsp3) is 0.323. The van der Waals surface area contributed by atoms with Crippen LogP contribution >= 0.6 is 0 Å². The van der Waals surface area contributed by atoms with Gasteiger partial charge in [0, 0.05) is 18.3 Å². The molecule has 2 amide bonds. The second kappa shape index (κ2) is 11.6. The van der Waals surface area contributed by atoms with Gasteiger partial charge in [0.25, 0.3) is 0 Å². The van der Waals surface area contributed by atoms with Crippen molar-refractivity contribution < 1.29 is 14.3 Å². The van der Waals surface area contributed by atoms with Gasteiger partial charge in [-0.15, -0.1) is 0 Å². The van der Waals surface area contributed by atoms with E-state index in [0.717, 1.165) is 46.9 Å². The molecule has 202 valence electrons. The summed E-state index contributed by atoms with van der Waals surface area (Å²) in [5, 5.41) is 7.97. The summed E-state index contributed by atoms with van der Waals surface area (Å²) in [7, 11) is 0. The summed E-state index contributed by atoms with van der Waals surface area (Å²) in [4.78, 5) is 27.6. The number of esters is 1. The van der Waals surface area contributed by atoms with Crippen molar-refractivity contribution >= 4 is 12.0 Å². The lowest BCUT2D eigenvalue weighted by atomic mass is 9.99. The SMILES string of the molecule is CCOC(=O)CCNC(=O)N1Cc2c(CC)nn(-c3ccccc3)c2-n2cccc2C1c1ccc(CC)cc1. The van der Waals surface area contributed by atoms with Gasteiger partial charge in [-0.25, -0.2) is 9.48 Å². The molecule has 4 aromatic rings. The van der Waals surface area contributed by atoms with E-state index in [1.807, 2.05) is 52.2 Å². The molecule has 0 spiro atoms. The number of nitrogens with one attached hydrogen (secondary N) is 1. The van der Waals surface area contributed by atoms with E-state index in [1.165, 1.54) is 5.56 Å². The van der Waals surface area contributed by atoms with Gasteiger partial charge >= 0.3 is 12.0 Å². The normalized spacial score (nSPS) is 14.3. The van der Waals surface area contributed by atoms with E-state index in [-0.39, 0.29) is 31.0 Å². The Hall–Kier alpha value is -4.33. The Morgan fingerprint density at radius 3 is 2.44 bits per heavy atom. The molecule has 1 aliphatic rings. The molecule has 5 rings (SSSR count). The maximum absolute atomic E-state index is 13.8. The summed E-state index contributed by atoms with van der Waals surface area (Å²) in [6.07, 6.45) is 3.84. The van der Waals surface area contributed by atoms with Crippen LogP contribution in [0.25, 0.3) is 11.5 Å². The van der Waals surface area contributed by atoms with Gasteiger partial charge < -0.3 is 19.5 Å². The van der Waals surface area contributed by atoms with Crippen LogP contribution in [0.1, 0.15) is 61.3 Å². The van der Waals surface area contributed by atoms with Crippen molar-refractivity contribution in [3.63, 3.8) is 0 Å². The van der Waals surface area contributed by atoms with Gasteiger partial charge in [0.05, 0.1) is 42.7 Å². The number of hydrogen-bond acceptors (Lipinski definition) is 4. The number of nitrogens with zero attached hydrogens (tertiary/aromatic N) is 4. The highest BCUT2D eigenvalue weighted by molar-refractivity contribution is 5.77. The largest absolute Gasteiger partial charge is 0.466 e. The molecule has 0 fully saturated rings. The van der Waals surface area contributed by atoms with Crippen LogP contribution < -0.4 is 5.32 Å². The van der Waals surface area contributed by atoms with E-state index >= 15 is 0 Å². The van der Waals surface area contributed by atoms with E-state index in [4.69, 9.17) is 9.84 Å². The lowest BCUT2D eigenvalue weighted by Gasteiger charge is -2.31. The fourth-order valence-corrected chi connectivity index (χ4v) is 5.24. The van der Waals surface area contributed by atoms with Crippen molar-refractivity contribution in [2.75, 3.05) is 13.2 Å². The van der Waals surface area contributed by atoms with E-state index in [2.05, 4.69) is 54.1 Å². The Balaban J connectivity index is 1.62. The first kappa shape index (κ1) is 26.3. The minimum absolute atomic E-state index is 0.122. The maximum Gasteiger partial charge on any atom is 0.318 e. The van der Waals surface area contributed by atoms with Crippen LogP contribution in [0.15, 0.2) is 72.9 Å². The molecule has 0 bridgehead atoms. The first-order chi connectivity index (χ1) is 19.0. The maximum atomic E-state index is 13.8. The Morgan fingerprint density at radius 1 is 0.974 bits per heavy atom. The highest BCUT2D eigenvalue weighted by Crippen LogP contribution is 2.38. The Labute approximate surface area is 229 Å². The number of benzene rings is 2. The van der Waals surface area contributed by atoms with Gasteiger partial charge in [-0.2, -0.15) is 5.10 Å². The number of rotatable bonds is 8. The number of aromatic nitrogens is 3. The van der Waals surface area contributed by atoms with Crippen LogP contribution in [0.2, 0.25) is 0 Å². The molecule has 0 saturated heterocycles. The lowest BCUT2D eigenvalue weighted by Crippen LogP contribution is -2.42. The minimum Gasteiger partial charge on any atom is -0.466 e. The number of ether oxygens (including phenoxy) is 1. The molecule has 1 N–H and O–H groups in total. The van der Waals surface area contributed by atoms with Crippen molar-refractivity contribution in [2.45, 2.75) is 52.6 Å². The highest BCUT2D eigenvalue weighted by Gasteiger charge is 2.36. The summed E-state index contributed by atoms with van der Waals surface area (Å²) < 4.78 is 9.19. The zero-order valence-corrected chi connectivity index (χ0v) is 22.8. The van der Waals surface area contributed by atoms with E-state index < -0.39 is 0 Å². The third-order valence-electron chi connectivity index (χ3n) is 7.18. The number of urea groups is 1. The van der Waals surface area contributed by atoms with E-state index in [1.54, 1.807) is 6.92 Å². The van der Waals surface area contributed by atoms with Crippen LogP contribution in [-0.2, 0) is 28.9 Å². The van der Waals surface area contributed by atoms with Crippen molar-refractivity contribution in [1.29, 1.82) is 0 Å². The molecular weight excluding hydrogens is 490 g/mol. The summed E-state index contributed by atoms with van der Waals surface area (Å²) in [6, 6.07) is 22.1. The van der Waals surface area contributed by atoms with Gasteiger partial charge in [0.2, 0.25) is 0 Å². The predicted molar refractivity (Wildman–Crippen MR) is 150 cm³/mol. The van der Waals surface area contributed by atoms with E-state index in [0.29, 0.717) is 13.2 Å². The quantitative estimate of drug-likeness (QED) is 0.314. The Kier molecular flexibility index (Phi) is 7.81. The topological polar surface area (TPSA) is 81.4 Å². The average molecular weight is 526 g/mol. The molecule has 1 unspecified atom stereocenters. The zero-order chi connectivity index (χ0) is 27.4. The lowest BCUT2D eigenvalue weighted by molar-refractivity contribution is -0.142. The third kappa shape index (κ3) is 5.19. The van der Waals surface area contributed by atoms with Crippen LogP contribution in [-0.4, -0.2) is 44.4 Å². The number of fused-ring (bicyclic) bond motifs is 3. The Morgan fingerprint density at radius 2 is 1.74 bits per heavy atom. The number of para-hydroxylation sites is 1. The van der Waals surface area contributed by atoms with Gasteiger partial charge in [0.1, 0.15) is 5.82 Å².